The second-order valence-electron chi connectivity index (χ2n) is 6.16. The van der Waals surface area contributed by atoms with Crippen molar-refractivity contribution >= 4 is 18.3 Å². The standard InChI is InChI=1S/C16H19F3N2O.ClH/c17-16(18,19)12-3-1-2-11(10-12)15(6-7-15)14(22)21-13-4-8-20-9-5-13;/h1-3,10,13,20H,4-9H2,(H,21,22);1H. The summed E-state index contributed by atoms with van der Waals surface area (Å²) in [6.45, 7) is 1.73. The number of carbonyl (C=O) groups is 1. The van der Waals surface area contributed by atoms with Crippen molar-refractivity contribution in [3.05, 3.63) is 35.4 Å². The Hall–Kier alpha value is -1.27. The van der Waals surface area contributed by atoms with Crippen molar-refractivity contribution in [3.8, 4) is 0 Å². The topological polar surface area (TPSA) is 41.1 Å². The van der Waals surface area contributed by atoms with E-state index in [0.717, 1.165) is 38.1 Å². The van der Waals surface area contributed by atoms with Gasteiger partial charge in [0.2, 0.25) is 5.91 Å². The molecule has 23 heavy (non-hydrogen) atoms. The summed E-state index contributed by atoms with van der Waals surface area (Å²) in [5.41, 5.74) is -0.966. The van der Waals surface area contributed by atoms with E-state index in [9.17, 15) is 18.0 Å². The number of halogens is 4. The molecular formula is C16H20ClF3N2O. The van der Waals surface area contributed by atoms with Gasteiger partial charge in [0.15, 0.2) is 0 Å². The summed E-state index contributed by atoms with van der Waals surface area (Å²) in [7, 11) is 0. The maximum atomic E-state index is 12.8. The average molecular weight is 349 g/mol. The lowest BCUT2D eigenvalue weighted by atomic mass is 9.92. The average Bonchev–Trinajstić information content (AvgIpc) is 3.29. The Balaban J connectivity index is 0.00000192. The molecule has 1 aromatic carbocycles. The van der Waals surface area contributed by atoms with Crippen LogP contribution in [0.15, 0.2) is 24.3 Å². The summed E-state index contributed by atoms with van der Waals surface area (Å²) in [5, 5.41) is 6.24. The number of benzene rings is 1. The van der Waals surface area contributed by atoms with Gasteiger partial charge in [0.1, 0.15) is 0 Å². The third kappa shape index (κ3) is 3.80. The number of carbonyl (C=O) groups excluding carboxylic acids is 1. The maximum Gasteiger partial charge on any atom is 0.416 e. The van der Waals surface area contributed by atoms with Gasteiger partial charge in [-0.1, -0.05) is 18.2 Å². The molecule has 0 spiro atoms. The predicted molar refractivity (Wildman–Crippen MR) is 83.6 cm³/mol. The van der Waals surface area contributed by atoms with E-state index in [-0.39, 0.29) is 24.4 Å². The zero-order valence-electron chi connectivity index (χ0n) is 12.6. The largest absolute Gasteiger partial charge is 0.416 e. The van der Waals surface area contributed by atoms with Gasteiger partial charge in [0.05, 0.1) is 11.0 Å². The number of alkyl halides is 3. The van der Waals surface area contributed by atoms with E-state index in [2.05, 4.69) is 10.6 Å². The van der Waals surface area contributed by atoms with Crippen molar-refractivity contribution in [3.63, 3.8) is 0 Å². The van der Waals surface area contributed by atoms with Crippen LogP contribution in [0.4, 0.5) is 13.2 Å². The minimum atomic E-state index is -4.38. The molecule has 2 aliphatic rings. The number of rotatable bonds is 3. The highest BCUT2D eigenvalue weighted by molar-refractivity contribution is 5.91. The number of hydrogen-bond acceptors (Lipinski definition) is 2. The predicted octanol–water partition coefficient (Wildman–Crippen LogP) is 3.03. The Morgan fingerprint density at radius 1 is 1.22 bits per heavy atom. The molecule has 7 heteroatoms. The Morgan fingerprint density at radius 3 is 2.43 bits per heavy atom. The molecule has 2 N–H and O–H groups in total. The first-order valence-electron chi connectivity index (χ1n) is 7.61. The number of hydrogen-bond donors (Lipinski definition) is 2. The van der Waals surface area contributed by atoms with E-state index in [4.69, 9.17) is 0 Å². The van der Waals surface area contributed by atoms with Crippen molar-refractivity contribution in [2.24, 2.45) is 0 Å². The first kappa shape index (κ1) is 18.1. The van der Waals surface area contributed by atoms with Crippen LogP contribution < -0.4 is 10.6 Å². The Labute approximate surface area is 139 Å². The normalized spacial score (nSPS) is 20.5. The molecule has 2 fully saturated rings. The molecule has 0 bridgehead atoms. The van der Waals surface area contributed by atoms with Crippen LogP contribution in [0.3, 0.4) is 0 Å². The molecule has 0 radical (unpaired) electrons. The molecule has 3 nitrogen and oxygen atoms in total. The van der Waals surface area contributed by atoms with E-state index in [1.165, 1.54) is 6.07 Å². The Morgan fingerprint density at radius 2 is 1.87 bits per heavy atom. The van der Waals surface area contributed by atoms with Gasteiger partial charge in [0.25, 0.3) is 0 Å². The van der Waals surface area contributed by atoms with E-state index in [0.29, 0.717) is 18.4 Å². The van der Waals surface area contributed by atoms with Crippen LogP contribution in [-0.4, -0.2) is 25.0 Å². The fraction of sp³-hybridized carbons (Fsp3) is 0.562. The highest BCUT2D eigenvalue weighted by Crippen LogP contribution is 2.49. The van der Waals surface area contributed by atoms with E-state index >= 15 is 0 Å². The summed E-state index contributed by atoms with van der Waals surface area (Å²) in [4.78, 5) is 12.5. The number of piperidine rings is 1. The molecule has 1 amide bonds. The van der Waals surface area contributed by atoms with Gasteiger partial charge >= 0.3 is 6.18 Å². The molecule has 1 aliphatic heterocycles. The van der Waals surface area contributed by atoms with E-state index < -0.39 is 17.2 Å². The van der Waals surface area contributed by atoms with E-state index in [1.807, 2.05) is 0 Å². The minimum absolute atomic E-state index is 0. The van der Waals surface area contributed by atoms with Gasteiger partial charge in [-0.05, 0) is 50.4 Å². The summed E-state index contributed by atoms with van der Waals surface area (Å²) < 4.78 is 38.5. The highest BCUT2D eigenvalue weighted by atomic mass is 35.5. The van der Waals surface area contributed by atoms with Gasteiger partial charge in [0, 0.05) is 6.04 Å². The van der Waals surface area contributed by atoms with Crippen LogP contribution in [0.5, 0.6) is 0 Å². The smallest absolute Gasteiger partial charge is 0.353 e. The molecule has 0 unspecified atom stereocenters. The monoisotopic (exact) mass is 348 g/mol. The second kappa shape index (κ2) is 6.69. The summed E-state index contributed by atoms with van der Waals surface area (Å²) in [6.07, 6.45) is -1.41. The number of nitrogens with one attached hydrogen (secondary N) is 2. The SMILES string of the molecule is Cl.O=C(NC1CCNCC1)C1(c2cccc(C(F)(F)F)c2)CC1. The van der Waals surface area contributed by atoms with Crippen molar-refractivity contribution in [2.45, 2.75) is 43.3 Å². The molecule has 0 aromatic heterocycles. The second-order valence-corrected chi connectivity index (χ2v) is 6.16. The van der Waals surface area contributed by atoms with Gasteiger partial charge in [-0.3, -0.25) is 4.79 Å². The molecule has 1 aromatic rings. The molecule has 128 valence electrons. The van der Waals surface area contributed by atoms with Crippen LogP contribution in [-0.2, 0) is 16.4 Å². The third-order valence-electron chi connectivity index (χ3n) is 4.60. The van der Waals surface area contributed by atoms with Crippen molar-refractivity contribution in [2.75, 3.05) is 13.1 Å². The van der Waals surface area contributed by atoms with Gasteiger partial charge in [-0.2, -0.15) is 13.2 Å². The Bertz CT molecular complexity index is 567. The minimum Gasteiger partial charge on any atom is -0.353 e. The van der Waals surface area contributed by atoms with Crippen LogP contribution >= 0.6 is 12.4 Å². The lowest BCUT2D eigenvalue weighted by Crippen LogP contribution is -2.46. The highest BCUT2D eigenvalue weighted by Gasteiger charge is 2.52. The quantitative estimate of drug-likeness (QED) is 0.881. The zero-order chi connectivity index (χ0) is 15.8. The molecule has 1 saturated carbocycles. The van der Waals surface area contributed by atoms with E-state index in [1.54, 1.807) is 6.07 Å². The lowest BCUT2D eigenvalue weighted by Gasteiger charge is -2.26. The fourth-order valence-corrected chi connectivity index (χ4v) is 3.05. The molecule has 1 aliphatic carbocycles. The molecule has 1 heterocycles. The first-order chi connectivity index (χ1) is 10.4. The van der Waals surface area contributed by atoms with Crippen LogP contribution in [0.1, 0.15) is 36.8 Å². The van der Waals surface area contributed by atoms with Gasteiger partial charge in [-0.15, -0.1) is 12.4 Å². The summed E-state index contributed by atoms with van der Waals surface area (Å²) in [6, 6.07) is 5.30. The van der Waals surface area contributed by atoms with Crippen LogP contribution in [0.25, 0.3) is 0 Å². The molecule has 0 atom stereocenters. The van der Waals surface area contributed by atoms with Crippen LogP contribution in [0, 0.1) is 0 Å². The summed E-state index contributed by atoms with van der Waals surface area (Å²) >= 11 is 0. The summed E-state index contributed by atoms with van der Waals surface area (Å²) in [5.74, 6) is -0.126. The molecular weight excluding hydrogens is 329 g/mol. The zero-order valence-corrected chi connectivity index (χ0v) is 13.4. The molecule has 1 saturated heterocycles. The Kier molecular flexibility index (Phi) is 5.26. The van der Waals surface area contributed by atoms with Crippen molar-refractivity contribution < 1.29 is 18.0 Å². The fourth-order valence-electron chi connectivity index (χ4n) is 3.05. The third-order valence-corrected chi connectivity index (χ3v) is 4.60. The van der Waals surface area contributed by atoms with Gasteiger partial charge in [-0.25, -0.2) is 0 Å². The first-order valence-corrected chi connectivity index (χ1v) is 7.61. The lowest BCUT2D eigenvalue weighted by molar-refractivity contribution is -0.137. The van der Waals surface area contributed by atoms with Crippen LogP contribution in [0.2, 0.25) is 0 Å². The van der Waals surface area contributed by atoms with Crippen molar-refractivity contribution in [1.29, 1.82) is 0 Å². The molecule has 3 rings (SSSR count). The van der Waals surface area contributed by atoms with Crippen molar-refractivity contribution in [1.82, 2.24) is 10.6 Å². The maximum absolute atomic E-state index is 12.8. The number of amides is 1. The van der Waals surface area contributed by atoms with Gasteiger partial charge < -0.3 is 10.6 Å².